The van der Waals surface area contributed by atoms with Crippen LogP contribution in [0.15, 0.2) is 24.3 Å². The first-order valence-electron chi connectivity index (χ1n) is 7.43. The number of rotatable bonds is 3. The van der Waals surface area contributed by atoms with E-state index in [0.29, 0.717) is 5.92 Å². The quantitative estimate of drug-likeness (QED) is 0.903. The molecule has 0 radical (unpaired) electrons. The smallest absolute Gasteiger partial charge is 0.0522 e. The molecule has 1 unspecified atom stereocenters. The van der Waals surface area contributed by atoms with Crippen LogP contribution >= 0.6 is 0 Å². The first kappa shape index (κ1) is 14.5. The number of hydrogen-bond donors (Lipinski definition) is 1. The normalized spacial score (nSPS) is 22.2. The molecule has 106 valence electrons. The van der Waals surface area contributed by atoms with Crippen LogP contribution < -0.4 is 0 Å². The zero-order valence-electron chi connectivity index (χ0n) is 12.5. The Balaban J connectivity index is 2.18. The van der Waals surface area contributed by atoms with E-state index in [1.165, 1.54) is 43.5 Å². The van der Waals surface area contributed by atoms with E-state index in [-0.39, 0.29) is 12.0 Å². The molecule has 0 aromatic heterocycles. The molecule has 1 saturated heterocycles. The molecule has 1 N–H and O–H groups in total. The van der Waals surface area contributed by atoms with E-state index in [1.807, 2.05) is 0 Å². The maximum absolute atomic E-state index is 9.52. The van der Waals surface area contributed by atoms with Crippen LogP contribution in [-0.2, 0) is 5.41 Å². The summed E-state index contributed by atoms with van der Waals surface area (Å²) in [5, 5.41) is 9.52. The number of benzene rings is 1. The molecule has 0 amide bonds. The van der Waals surface area contributed by atoms with Gasteiger partial charge in [0.15, 0.2) is 0 Å². The average molecular weight is 261 g/mol. The van der Waals surface area contributed by atoms with Crippen molar-refractivity contribution in [3.8, 4) is 0 Å². The second kappa shape index (κ2) is 6.06. The molecule has 1 fully saturated rings. The molecule has 0 aliphatic carbocycles. The van der Waals surface area contributed by atoms with Crippen molar-refractivity contribution in [3.05, 3.63) is 35.4 Å². The Morgan fingerprint density at radius 2 is 2.05 bits per heavy atom. The Kier molecular flexibility index (Phi) is 4.64. The molecule has 0 bridgehead atoms. The van der Waals surface area contributed by atoms with Crippen LogP contribution in [0.1, 0.15) is 50.2 Å². The van der Waals surface area contributed by atoms with Gasteiger partial charge in [-0.3, -0.25) is 0 Å². The van der Waals surface area contributed by atoms with Gasteiger partial charge in [0.05, 0.1) is 6.61 Å². The first-order valence-corrected chi connectivity index (χ1v) is 7.43. The Morgan fingerprint density at radius 3 is 2.79 bits per heavy atom. The second-order valence-corrected chi connectivity index (χ2v) is 6.60. The van der Waals surface area contributed by atoms with Gasteiger partial charge in [0, 0.05) is 5.41 Å². The van der Waals surface area contributed by atoms with Crippen molar-refractivity contribution in [3.63, 3.8) is 0 Å². The number of hydrogen-bond acceptors (Lipinski definition) is 2. The monoisotopic (exact) mass is 261 g/mol. The van der Waals surface area contributed by atoms with Gasteiger partial charge in [-0.05, 0) is 56.4 Å². The third-order valence-electron chi connectivity index (χ3n) is 4.49. The third-order valence-corrected chi connectivity index (χ3v) is 4.49. The minimum atomic E-state index is -0.141. The van der Waals surface area contributed by atoms with Crippen molar-refractivity contribution in [2.45, 2.75) is 44.4 Å². The standard InChI is InChI=1S/C17H27NO/c1-17(2,13-19)16-8-4-6-15(12-16)14-7-5-10-18(3)11-9-14/h4,6,8,12,14,19H,5,7,9-11,13H2,1-3H3. The topological polar surface area (TPSA) is 23.5 Å². The van der Waals surface area contributed by atoms with Gasteiger partial charge in [0.25, 0.3) is 0 Å². The molecule has 0 spiro atoms. The predicted molar refractivity (Wildman–Crippen MR) is 80.6 cm³/mol. The predicted octanol–water partition coefficient (Wildman–Crippen LogP) is 3.16. The lowest BCUT2D eigenvalue weighted by molar-refractivity contribution is 0.218. The number of nitrogens with zero attached hydrogens (tertiary/aromatic N) is 1. The van der Waals surface area contributed by atoms with Crippen LogP contribution in [0.25, 0.3) is 0 Å². The molecule has 1 aromatic carbocycles. The highest BCUT2D eigenvalue weighted by molar-refractivity contribution is 5.31. The highest BCUT2D eigenvalue weighted by Crippen LogP contribution is 2.31. The second-order valence-electron chi connectivity index (χ2n) is 6.60. The average Bonchev–Trinajstić information content (AvgIpc) is 2.64. The van der Waals surface area contributed by atoms with Crippen molar-refractivity contribution in [2.75, 3.05) is 26.7 Å². The molecule has 1 aliphatic heterocycles. The van der Waals surface area contributed by atoms with Crippen LogP contribution in [0, 0.1) is 0 Å². The fraction of sp³-hybridized carbons (Fsp3) is 0.647. The zero-order chi connectivity index (χ0) is 13.9. The van der Waals surface area contributed by atoms with E-state index < -0.39 is 0 Å². The lowest BCUT2D eigenvalue weighted by Gasteiger charge is -2.24. The van der Waals surface area contributed by atoms with Crippen molar-refractivity contribution in [1.82, 2.24) is 4.90 Å². The van der Waals surface area contributed by atoms with Crippen LogP contribution in [0.5, 0.6) is 0 Å². The van der Waals surface area contributed by atoms with Crippen molar-refractivity contribution in [1.29, 1.82) is 0 Å². The summed E-state index contributed by atoms with van der Waals surface area (Å²) in [6.45, 7) is 6.82. The molecule has 1 aromatic rings. The molecule has 2 rings (SSSR count). The molecule has 19 heavy (non-hydrogen) atoms. The number of aliphatic hydroxyl groups is 1. The number of likely N-dealkylation sites (tertiary alicyclic amines) is 1. The molecule has 2 heteroatoms. The van der Waals surface area contributed by atoms with Gasteiger partial charge in [-0.25, -0.2) is 0 Å². The van der Waals surface area contributed by atoms with E-state index >= 15 is 0 Å². The summed E-state index contributed by atoms with van der Waals surface area (Å²) >= 11 is 0. The van der Waals surface area contributed by atoms with Crippen LogP contribution in [0.3, 0.4) is 0 Å². The summed E-state index contributed by atoms with van der Waals surface area (Å²) in [5.74, 6) is 0.680. The molecule has 1 aliphatic rings. The molecule has 0 saturated carbocycles. The van der Waals surface area contributed by atoms with Gasteiger partial charge in [-0.15, -0.1) is 0 Å². The Hall–Kier alpha value is -0.860. The van der Waals surface area contributed by atoms with Crippen LogP contribution in [-0.4, -0.2) is 36.8 Å². The van der Waals surface area contributed by atoms with Crippen LogP contribution in [0.2, 0.25) is 0 Å². The van der Waals surface area contributed by atoms with E-state index in [2.05, 4.69) is 50.1 Å². The maximum atomic E-state index is 9.52. The highest BCUT2D eigenvalue weighted by Gasteiger charge is 2.22. The summed E-state index contributed by atoms with van der Waals surface area (Å²) in [5.41, 5.74) is 2.57. The van der Waals surface area contributed by atoms with Gasteiger partial charge in [-0.2, -0.15) is 0 Å². The van der Waals surface area contributed by atoms with E-state index in [0.717, 1.165) is 0 Å². The van der Waals surface area contributed by atoms with Gasteiger partial charge in [-0.1, -0.05) is 38.1 Å². The van der Waals surface area contributed by atoms with Crippen molar-refractivity contribution in [2.24, 2.45) is 0 Å². The fourth-order valence-electron chi connectivity index (χ4n) is 2.88. The summed E-state index contributed by atoms with van der Waals surface area (Å²) in [6, 6.07) is 8.86. The SMILES string of the molecule is CN1CCCC(c2cccc(C(C)(C)CO)c2)CC1. The van der Waals surface area contributed by atoms with Crippen molar-refractivity contribution >= 4 is 0 Å². The molecular weight excluding hydrogens is 234 g/mol. The van der Waals surface area contributed by atoms with Gasteiger partial charge in [0.1, 0.15) is 0 Å². The summed E-state index contributed by atoms with van der Waals surface area (Å²) in [4.78, 5) is 2.43. The molecule has 1 heterocycles. The Bertz CT molecular complexity index is 413. The summed E-state index contributed by atoms with van der Waals surface area (Å²) in [6.07, 6.45) is 3.82. The zero-order valence-corrected chi connectivity index (χ0v) is 12.5. The highest BCUT2D eigenvalue weighted by atomic mass is 16.3. The van der Waals surface area contributed by atoms with Crippen LogP contribution in [0.4, 0.5) is 0 Å². The fourth-order valence-corrected chi connectivity index (χ4v) is 2.88. The molecule has 1 atom stereocenters. The van der Waals surface area contributed by atoms with Gasteiger partial charge in [0.2, 0.25) is 0 Å². The maximum Gasteiger partial charge on any atom is 0.0522 e. The van der Waals surface area contributed by atoms with Gasteiger partial charge >= 0.3 is 0 Å². The molecular formula is C17H27NO. The summed E-state index contributed by atoms with van der Waals surface area (Å²) in [7, 11) is 2.22. The lowest BCUT2D eigenvalue weighted by Crippen LogP contribution is -2.22. The Labute approximate surface area is 117 Å². The van der Waals surface area contributed by atoms with E-state index in [9.17, 15) is 5.11 Å². The largest absolute Gasteiger partial charge is 0.395 e. The first-order chi connectivity index (χ1) is 9.03. The van der Waals surface area contributed by atoms with E-state index in [1.54, 1.807) is 0 Å². The summed E-state index contributed by atoms with van der Waals surface area (Å²) < 4.78 is 0. The third kappa shape index (κ3) is 3.58. The minimum Gasteiger partial charge on any atom is -0.395 e. The number of aliphatic hydroxyl groups excluding tert-OH is 1. The van der Waals surface area contributed by atoms with Crippen molar-refractivity contribution < 1.29 is 5.11 Å². The minimum absolute atomic E-state index is 0.141. The van der Waals surface area contributed by atoms with E-state index in [4.69, 9.17) is 0 Å². The van der Waals surface area contributed by atoms with Gasteiger partial charge < -0.3 is 10.0 Å². The lowest BCUT2D eigenvalue weighted by atomic mass is 9.82. The Morgan fingerprint density at radius 1 is 1.26 bits per heavy atom. The molecule has 2 nitrogen and oxygen atoms in total.